The van der Waals surface area contributed by atoms with Gasteiger partial charge in [-0.15, -0.1) is 5.11 Å². The van der Waals surface area contributed by atoms with E-state index in [1.165, 1.54) is 12.1 Å². The molecule has 0 aliphatic heterocycles. The molecule has 0 aromatic heterocycles. The van der Waals surface area contributed by atoms with E-state index < -0.39 is 11.8 Å². The zero-order valence-corrected chi connectivity index (χ0v) is 10.2. The maximum atomic E-state index is 13.1. The molecule has 5 nitrogen and oxygen atoms in total. The number of carbonyl (C=O) groups is 1. The van der Waals surface area contributed by atoms with Crippen LogP contribution in [0.15, 0.2) is 40.4 Å². The van der Waals surface area contributed by atoms with Gasteiger partial charge in [-0.1, -0.05) is 11.6 Å². The number of benzene rings is 1. The van der Waals surface area contributed by atoms with E-state index >= 15 is 0 Å². The molecule has 0 saturated heterocycles. The van der Waals surface area contributed by atoms with Crippen LogP contribution >= 0.6 is 11.6 Å². The molecule has 1 aromatic carbocycles. The highest BCUT2D eigenvalue weighted by molar-refractivity contribution is 6.30. The van der Waals surface area contributed by atoms with Gasteiger partial charge in [0.05, 0.1) is 17.3 Å². The summed E-state index contributed by atoms with van der Waals surface area (Å²) in [5.74, 6) is -1.48. The monoisotopic (exact) mass is 272 g/mol. The molecule has 0 radical (unpaired) electrons. The third-order valence-electron chi connectivity index (χ3n) is 1.78. The van der Waals surface area contributed by atoms with Crippen molar-refractivity contribution in [3.8, 4) is 0 Å². The Morgan fingerprint density at radius 3 is 2.89 bits per heavy atom. The first-order valence-corrected chi connectivity index (χ1v) is 5.34. The fraction of sp³-hybridized carbons (Fsp3) is 0.182. The normalized spacial score (nSPS) is 11.8. The third-order valence-corrected chi connectivity index (χ3v) is 2.09. The minimum atomic E-state index is -0.821. The molecule has 0 amide bonds. The molecule has 0 bridgehead atoms. The van der Waals surface area contributed by atoms with E-state index in [1.54, 1.807) is 6.92 Å². The van der Waals surface area contributed by atoms with Gasteiger partial charge in [0.25, 0.3) is 0 Å². The Kier molecular flexibility index (Phi) is 5.26. The van der Waals surface area contributed by atoms with Crippen molar-refractivity contribution in [1.29, 1.82) is 0 Å². The lowest BCUT2D eigenvalue weighted by Gasteiger charge is -1.99. The molecule has 1 aromatic rings. The number of esters is 1. The van der Waals surface area contributed by atoms with Crippen LogP contribution in [0.5, 0.6) is 0 Å². The second-order valence-corrected chi connectivity index (χ2v) is 3.44. The van der Waals surface area contributed by atoms with Crippen LogP contribution in [0, 0.1) is 5.82 Å². The fourth-order valence-corrected chi connectivity index (χ4v) is 1.10. The van der Waals surface area contributed by atoms with Gasteiger partial charge in [-0.2, -0.15) is 5.11 Å². The Labute approximate surface area is 108 Å². The van der Waals surface area contributed by atoms with Gasteiger partial charge in [-0.05, 0) is 19.1 Å². The van der Waals surface area contributed by atoms with E-state index in [0.717, 1.165) is 6.07 Å². The number of carbonyl (C=O) groups excluding carboxylic acids is 1. The summed E-state index contributed by atoms with van der Waals surface area (Å²) in [5.41, 5.74) is -0.229. The van der Waals surface area contributed by atoms with Gasteiger partial charge >= 0.3 is 5.97 Å². The van der Waals surface area contributed by atoms with Gasteiger partial charge in [0.15, 0.2) is 0 Å². The van der Waals surface area contributed by atoms with Gasteiger partial charge < -0.3 is 9.84 Å². The number of hydrogen-bond acceptors (Lipinski definition) is 5. The van der Waals surface area contributed by atoms with Crippen molar-refractivity contribution < 1.29 is 19.0 Å². The van der Waals surface area contributed by atoms with Crippen LogP contribution in [0.3, 0.4) is 0 Å². The molecule has 0 atom stereocenters. The summed E-state index contributed by atoms with van der Waals surface area (Å²) in [7, 11) is 0. The van der Waals surface area contributed by atoms with Crippen molar-refractivity contribution in [2.75, 3.05) is 6.61 Å². The first-order valence-electron chi connectivity index (χ1n) is 4.96. The van der Waals surface area contributed by atoms with Crippen molar-refractivity contribution in [1.82, 2.24) is 0 Å². The Bertz CT molecular complexity index is 503. The second-order valence-electron chi connectivity index (χ2n) is 3.03. The van der Waals surface area contributed by atoms with Crippen LogP contribution in [0.4, 0.5) is 10.1 Å². The van der Waals surface area contributed by atoms with Crippen LogP contribution in [0.2, 0.25) is 5.02 Å². The average molecular weight is 273 g/mol. The van der Waals surface area contributed by atoms with Gasteiger partial charge in [0, 0.05) is 6.07 Å². The number of halogens is 2. The highest BCUT2D eigenvalue weighted by atomic mass is 35.5. The molecule has 0 fully saturated rings. The van der Waals surface area contributed by atoms with Crippen molar-refractivity contribution in [2.24, 2.45) is 10.2 Å². The quantitative estimate of drug-likeness (QED) is 0.394. The van der Waals surface area contributed by atoms with E-state index in [2.05, 4.69) is 15.0 Å². The molecule has 1 N–H and O–H groups in total. The van der Waals surface area contributed by atoms with E-state index in [9.17, 15) is 9.18 Å². The van der Waals surface area contributed by atoms with Crippen molar-refractivity contribution in [3.05, 3.63) is 41.0 Å². The molecular formula is C11H10ClFN2O3. The molecule has 1 rings (SSSR count). The predicted octanol–water partition coefficient (Wildman–Crippen LogP) is 3.53. The van der Waals surface area contributed by atoms with Crippen LogP contribution in [-0.2, 0) is 9.53 Å². The lowest BCUT2D eigenvalue weighted by atomic mass is 10.3. The minimum Gasteiger partial charge on any atom is -0.513 e. The number of rotatable bonds is 4. The topological polar surface area (TPSA) is 71.2 Å². The maximum absolute atomic E-state index is 13.1. The molecule has 0 aliphatic carbocycles. The van der Waals surface area contributed by atoms with Gasteiger partial charge in [0.1, 0.15) is 12.1 Å². The molecule has 0 unspecified atom stereocenters. The lowest BCUT2D eigenvalue weighted by molar-refractivity contribution is -0.138. The molecular weight excluding hydrogens is 263 g/mol. The number of aliphatic hydroxyl groups is 1. The zero-order valence-electron chi connectivity index (χ0n) is 9.43. The summed E-state index contributed by atoms with van der Waals surface area (Å²) in [5, 5.41) is 15.8. The Hall–Kier alpha value is -1.95. The first kappa shape index (κ1) is 14.1. The van der Waals surface area contributed by atoms with E-state index in [4.69, 9.17) is 16.7 Å². The van der Waals surface area contributed by atoms with Gasteiger partial charge in [0.2, 0.25) is 5.70 Å². The number of azo groups is 1. The van der Waals surface area contributed by atoms with Crippen molar-refractivity contribution >= 4 is 23.3 Å². The molecule has 18 heavy (non-hydrogen) atoms. The standard InChI is InChI=1S/C11H10ClFN2O3/c1-2-18-11(17)10(6-16)15-14-7-3-4-8(12)9(13)5-7/h3-6,16H,2H2,1H3. The van der Waals surface area contributed by atoms with E-state index in [-0.39, 0.29) is 23.0 Å². The van der Waals surface area contributed by atoms with Gasteiger partial charge in [-0.25, -0.2) is 9.18 Å². The Balaban J connectivity index is 2.84. The number of nitrogens with zero attached hydrogens (tertiary/aromatic N) is 2. The summed E-state index contributed by atoms with van der Waals surface area (Å²) in [6.45, 7) is 1.75. The summed E-state index contributed by atoms with van der Waals surface area (Å²) >= 11 is 5.49. The minimum absolute atomic E-state index is 0.0442. The largest absolute Gasteiger partial charge is 0.513 e. The summed E-state index contributed by atoms with van der Waals surface area (Å²) in [6, 6.07) is 3.76. The predicted molar refractivity (Wildman–Crippen MR) is 63.3 cm³/mol. The maximum Gasteiger partial charge on any atom is 0.362 e. The smallest absolute Gasteiger partial charge is 0.362 e. The van der Waals surface area contributed by atoms with Crippen LogP contribution in [0.1, 0.15) is 6.92 Å². The average Bonchev–Trinajstić information content (AvgIpc) is 2.34. The molecule has 7 heteroatoms. The zero-order chi connectivity index (χ0) is 13.5. The molecule has 0 aliphatic rings. The molecule has 0 heterocycles. The summed E-state index contributed by atoms with van der Waals surface area (Å²) < 4.78 is 17.7. The number of aliphatic hydroxyl groups excluding tert-OH is 1. The van der Waals surface area contributed by atoms with E-state index in [0.29, 0.717) is 6.26 Å². The molecule has 0 saturated carbocycles. The summed E-state index contributed by atoms with van der Waals surface area (Å²) in [4.78, 5) is 11.2. The SMILES string of the molecule is CCOC(=O)C(=CO)N=Nc1ccc(Cl)c(F)c1. The first-order chi connectivity index (χ1) is 8.58. The van der Waals surface area contributed by atoms with E-state index in [1.807, 2.05) is 0 Å². The molecule has 96 valence electrons. The van der Waals surface area contributed by atoms with Gasteiger partial charge in [-0.3, -0.25) is 0 Å². The highest BCUT2D eigenvalue weighted by Crippen LogP contribution is 2.21. The Morgan fingerprint density at radius 1 is 1.61 bits per heavy atom. The van der Waals surface area contributed by atoms with Crippen LogP contribution in [0.25, 0.3) is 0 Å². The Morgan fingerprint density at radius 2 is 2.33 bits per heavy atom. The van der Waals surface area contributed by atoms with Crippen LogP contribution in [-0.4, -0.2) is 17.7 Å². The van der Waals surface area contributed by atoms with Crippen molar-refractivity contribution in [3.63, 3.8) is 0 Å². The number of hydrogen-bond donors (Lipinski definition) is 1. The van der Waals surface area contributed by atoms with Crippen LogP contribution < -0.4 is 0 Å². The fourth-order valence-electron chi connectivity index (χ4n) is 0.983. The molecule has 0 spiro atoms. The highest BCUT2D eigenvalue weighted by Gasteiger charge is 2.09. The van der Waals surface area contributed by atoms with Crippen molar-refractivity contribution in [2.45, 2.75) is 6.92 Å². The summed E-state index contributed by atoms with van der Waals surface area (Å²) in [6.07, 6.45) is 0.466. The number of ether oxygens (including phenoxy) is 1. The third kappa shape index (κ3) is 3.81. The lowest BCUT2D eigenvalue weighted by Crippen LogP contribution is -2.05. The second kappa shape index (κ2) is 6.70.